The molecule has 2 aromatic rings. The molecule has 27 heavy (non-hydrogen) atoms. The molecule has 0 spiro atoms. The lowest BCUT2D eigenvalue weighted by Gasteiger charge is -2.12. The van der Waals surface area contributed by atoms with E-state index in [2.05, 4.69) is 5.32 Å². The van der Waals surface area contributed by atoms with Crippen LogP contribution in [0.5, 0.6) is 11.5 Å². The number of methoxy groups -OCH3 is 1. The van der Waals surface area contributed by atoms with E-state index >= 15 is 0 Å². The highest BCUT2D eigenvalue weighted by Crippen LogP contribution is 2.34. The van der Waals surface area contributed by atoms with Gasteiger partial charge in [-0.15, -0.1) is 0 Å². The van der Waals surface area contributed by atoms with Crippen LogP contribution in [0.1, 0.15) is 19.4 Å². The van der Waals surface area contributed by atoms with Crippen LogP contribution in [-0.2, 0) is 9.59 Å². The lowest BCUT2D eigenvalue weighted by atomic mass is 10.0. The number of nitrogens with one attached hydrogen (secondary N) is 1. The van der Waals surface area contributed by atoms with Crippen molar-refractivity contribution in [1.29, 1.82) is 0 Å². The Labute approximate surface area is 158 Å². The molecule has 6 nitrogen and oxygen atoms in total. The van der Waals surface area contributed by atoms with E-state index in [-0.39, 0.29) is 23.6 Å². The molecular formula is C21H22N2O4. The summed E-state index contributed by atoms with van der Waals surface area (Å²) in [6.07, 6.45) is 0.0753. The summed E-state index contributed by atoms with van der Waals surface area (Å²) in [4.78, 5) is 26.4. The number of amides is 2. The highest BCUT2D eigenvalue weighted by Gasteiger charge is 2.37. The Morgan fingerprint density at radius 3 is 2.26 bits per heavy atom. The Morgan fingerprint density at radius 1 is 0.963 bits per heavy atom. The molecule has 2 amide bonds. The minimum absolute atomic E-state index is 0.0753. The number of hydrogen-bond donors (Lipinski definition) is 1. The summed E-state index contributed by atoms with van der Waals surface area (Å²) >= 11 is 0. The monoisotopic (exact) mass is 366 g/mol. The summed E-state index contributed by atoms with van der Waals surface area (Å²) in [7, 11) is 3.00. The van der Waals surface area contributed by atoms with Gasteiger partial charge in [0.1, 0.15) is 17.2 Å². The van der Waals surface area contributed by atoms with Gasteiger partial charge in [0.25, 0.3) is 11.8 Å². The van der Waals surface area contributed by atoms with Crippen LogP contribution in [0.25, 0.3) is 5.57 Å². The van der Waals surface area contributed by atoms with Crippen molar-refractivity contribution in [2.75, 3.05) is 19.5 Å². The third-order valence-corrected chi connectivity index (χ3v) is 4.16. The maximum Gasteiger partial charge on any atom is 0.277 e. The SMILES string of the molecule is COc1ccccc1C1=C(Nc2ccc(OC(C)C)cc2)C(=O)N(C)C1=O. The molecule has 1 N–H and O–H groups in total. The van der Waals surface area contributed by atoms with Gasteiger partial charge in [-0.3, -0.25) is 14.5 Å². The highest BCUT2D eigenvalue weighted by atomic mass is 16.5. The number of carbonyl (C=O) groups excluding carboxylic acids is 2. The van der Waals surface area contributed by atoms with Gasteiger partial charge in [0.15, 0.2) is 0 Å². The van der Waals surface area contributed by atoms with Crippen molar-refractivity contribution in [2.24, 2.45) is 0 Å². The fourth-order valence-corrected chi connectivity index (χ4v) is 2.89. The zero-order valence-electron chi connectivity index (χ0n) is 15.8. The average Bonchev–Trinajstić information content (AvgIpc) is 2.86. The lowest BCUT2D eigenvalue weighted by Crippen LogP contribution is -2.27. The Kier molecular flexibility index (Phi) is 5.16. The molecule has 0 atom stereocenters. The molecule has 0 bridgehead atoms. The van der Waals surface area contributed by atoms with Crippen molar-refractivity contribution < 1.29 is 19.1 Å². The standard InChI is InChI=1S/C21H22N2O4/c1-13(2)27-15-11-9-14(10-12-15)22-19-18(20(24)23(3)21(19)25)16-7-5-6-8-17(16)26-4/h5-13,22H,1-4H3. The number of carbonyl (C=O) groups is 2. The number of nitrogens with zero attached hydrogens (tertiary/aromatic N) is 1. The number of hydrogen-bond acceptors (Lipinski definition) is 5. The molecule has 2 aromatic carbocycles. The number of anilines is 1. The topological polar surface area (TPSA) is 67.9 Å². The number of para-hydroxylation sites is 1. The molecule has 0 unspecified atom stereocenters. The third-order valence-electron chi connectivity index (χ3n) is 4.16. The fourth-order valence-electron chi connectivity index (χ4n) is 2.89. The molecule has 140 valence electrons. The molecule has 1 aliphatic rings. The van der Waals surface area contributed by atoms with E-state index in [1.165, 1.54) is 14.2 Å². The van der Waals surface area contributed by atoms with E-state index in [0.717, 1.165) is 10.6 Å². The highest BCUT2D eigenvalue weighted by molar-refractivity contribution is 6.36. The predicted molar refractivity (Wildman–Crippen MR) is 104 cm³/mol. The van der Waals surface area contributed by atoms with Crippen molar-refractivity contribution in [3.63, 3.8) is 0 Å². The smallest absolute Gasteiger partial charge is 0.277 e. The van der Waals surface area contributed by atoms with Crippen molar-refractivity contribution in [3.8, 4) is 11.5 Å². The Morgan fingerprint density at radius 2 is 1.63 bits per heavy atom. The summed E-state index contributed by atoms with van der Waals surface area (Å²) in [6, 6.07) is 14.4. The second-order valence-corrected chi connectivity index (χ2v) is 6.44. The first kappa shape index (κ1) is 18.5. The molecule has 0 saturated heterocycles. The molecular weight excluding hydrogens is 344 g/mol. The second kappa shape index (κ2) is 7.53. The van der Waals surface area contributed by atoms with Gasteiger partial charge in [-0.25, -0.2) is 0 Å². The second-order valence-electron chi connectivity index (χ2n) is 6.44. The number of ether oxygens (including phenoxy) is 2. The first-order valence-electron chi connectivity index (χ1n) is 8.66. The summed E-state index contributed by atoms with van der Waals surface area (Å²) in [5.74, 6) is 0.513. The first-order chi connectivity index (χ1) is 12.9. The van der Waals surface area contributed by atoms with Gasteiger partial charge in [0.2, 0.25) is 0 Å². The minimum Gasteiger partial charge on any atom is -0.496 e. The van der Waals surface area contributed by atoms with Crippen LogP contribution < -0.4 is 14.8 Å². The van der Waals surface area contributed by atoms with Crippen LogP contribution in [-0.4, -0.2) is 37.0 Å². The summed E-state index contributed by atoms with van der Waals surface area (Å²) in [5.41, 5.74) is 1.78. The van der Waals surface area contributed by atoms with Gasteiger partial charge in [-0.2, -0.15) is 0 Å². The van der Waals surface area contributed by atoms with E-state index in [1.807, 2.05) is 32.0 Å². The van der Waals surface area contributed by atoms with Gasteiger partial charge in [-0.05, 0) is 44.2 Å². The molecule has 0 fully saturated rings. The van der Waals surface area contributed by atoms with E-state index in [1.54, 1.807) is 30.3 Å². The third kappa shape index (κ3) is 3.65. The van der Waals surface area contributed by atoms with Crippen molar-refractivity contribution in [3.05, 3.63) is 59.8 Å². The van der Waals surface area contributed by atoms with Gasteiger partial charge in [-0.1, -0.05) is 18.2 Å². The van der Waals surface area contributed by atoms with Gasteiger partial charge in [0.05, 0.1) is 18.8 Å². The summed E-state index contributed by atoms with van der Waals surface area (Å²) in [6.45, 7) is 3.91. The Balaban J connectivity index is 2.00. The van der Waals surface area contributed by atoms with Gasteiger partial charge < -0.3 is 14.8 Å². The zero-order chi connectivity index (χ0) is 19.6. The van der Waals surface area contributed by atoms with E-state index < -0.39 is 0 Å². The van der Waals surface area contributed by atoms with E-state index in [0.29, 0.717) is 22.6 Å². The van der Waals surface area contributed by atoms with E-state index in [9.17, 15) is 9.59 Å². The number of likely N-dealkylation sites (N-methyl/N-ethyl adjacent to an activating group) is 1. The van der Waals surface area contributed by atoms with Crippen LogP contribution in [0, 0.1) is 0 Å². The van der Waals surface area contributed by atoms with Crippen molar-refractivity contribution in [1.82, 2.24) is 4.90 Å². The molecule has 0 aromatic heterocycles. The average molecular weight is 366 g/mol. The zero-order valence-corrected chi connectivity index (χ0v) is 15.8. The molecule has 1 aliphatic heterocycles. The number of imide groups is 1. The summed E-state index contributed by atoms with van der Waals surface area (Å²) in [5, 5.41) is 3.09. The van der Waals surface area contributed by atoms with Gasteiger partial charge >= 0.3 is 0 Å². The number of benzene rings is 2. The van der Waals surface area contributed by atoms with Crippen LogP contribution in [0.2, 0.25) is 0 Å². The summed E-state index contributed by atoms with van der Waals surface area (Å²) < 4.78 is 11.0. The Bertz CT molecular complexity index is 901. The van der Waals surface area contributed by atoms with Crippen LogP contribution in [0.4, 0.5) is 5.69 Å². The molecule has 1 heterocycles. The molecule has 6 heteroatoms. The largest absolute Gasteiger partial charge is 0.496 e. The van der Waals surface area contributed by atoms with Gasteiger partial charge in [0, 0.05) is 18.3 Å². The first-order valence-corrected chi connectivity index (χ1v) is 8.66. The molecule has 0 saturated carbocycles. The predicted octanol–water partition coefficient (Wildman–Crippen LogP) is 3.30. The van der Waals surface area contributed by atoms with E-state index in [4.69, 9.17) is 9.47 Å². The van der Waals surface area contributed by atoms with Crippen molar-refractivity contribution in [2.45, 2.75) is 20.0 Å². The Hall–Kier alpha value is -3.28. The van der Waals surface area contributed by atoms with Crippen LogP contribution in [0.3, 0.4) is 0 Å². The van der Waals surface area contributed by atoms with Crippen LogP contribution >= 0.6 is 0 Å². The number of rotatable bonds is 6. The van der Waals surface area contributed by atoms with Crippen LogP contribution in [0.15, 0.2) is 54.2 Å². The normalized spacial score (nSPS) is 14.2. The maximum absolute atomic E-state index is 12.7. The quantitative estimate of drug-likeness (QED) is 0.795. The molecule has 0 aliphatic carbocycles. The van der Waals surface area contributed by atoms with Crippen molar-refractivity contribution >= 4 is 23.1 Å². The lowest BCUT2D eigenvalue weighted by molar-refractivity contribution is -0.135. The minimum atomic E-state index is -0.386. The molecule has 0 radical (unpaired) electrons. The fraction of sp³-hybridized carbons (Fsp3) is 0.238. The maximum atomic E-state index is 12.7. The molecule has 3 rings (SSSR count).